The van der Waals surface area contributed by atoms with Crippen molar-refractivity contribution in [3.63, 3.8) is 0 Å². The Balaban J connectivity index is 1.68. The zero-order chi connectivity index (χ0) is 22.2. The molecule has 10 heteroatoms. The van der Waals surface area contributed by atoms with Crippen molar-refractivity contribution >= 4 is 17.0 Å². The molecule has 0 amide bonds. The molecule has 0 radical (unpaired) electrons. The van der Waals surface area contributed by atoms with E-state index in [4.69, 9.17) is 0 Å². The molecule has 162 valence electrons. The predicted molar refractivity (Wildman–Crippen MR) is 108 cm³/mol. The van der Waals surface area contributed by atoms with Crippen molar-refractivity contribution in [1.29, 1.82) is 5.26 Å². The van der Waals surface area contributed by atoms with Crippen LogP contribution in [0, 0.1) is 17.2 Å². The summed E-state index contributed by atoms with van der Waals surface area (Å²) >= 11 is 0. The number of alkyl halides is 3. The van der Waals surface area contributed by atoms with Crippen LogP contribution in [0.5, 0.6) is 0 Å². The quantitative estimate of drug-likeness (QED) is 0.570. The van der Waals surface area contributed by atoms with Gasteiger partial charge in [0.05, 0.1) is 29.1 Å². The molecule has 0 aliphatic heterocycles. The maximum Gasteiger partial charge on any atom is 0.417 e. The third-order valence-corrected chi connectivity index (χ3v) is 5.83. The third kappa shape index (κ3) is 4.32. The molecule has 1 aliphatic rings. The Morgan fingerprint density at radius 3 is 2.65 bits per heavy atom. The van der Waals surface area contributed by atoms with Gasteiger partial charge < -0.3 is 15.4 Å². The summed E-state index contributed by atoms with van der Waals surface area (Å²) in [7, 11) is 0. The monoisotopic (exact) mass is 430 g/mol. The van der Waals surface area contributed by atoms with Crippen LogP contribution >= 0.6 is 0 Å². The number of pyridine rings is 1. The number of H-pyrrole nitrogens is 1. The van der Waals surface area contributed by atoms with E-state index in [9.17, 15) is 23.5 Å². The fourth-order valence-corrected chi connectivity index (χ4v) is 4.02. The van der Waals surface area contributed by atoms with Gasteiger partial charge in [-0.25, -0.2) is 15.0 Å². The first-order valence-corrected chi connectivity index (χ1v) is 10.0. The van der Waals surface area contributed by atoms with Gasteiger partial charge in [0.15, 0.2) is 0 Å². The zero-order valence-corrected chi connectivity index (χ0v) is 16.7. The molecule has 31 heavy (non-hydrogen) atoms. The first-order chi connectivity index (χ1) is 14.8. The second-order valence-corrected chi connectivity index (χ2v) is 7.89. The Labute approximate surface area is 176 Å². The SMILES string of the molecule is C[C@@H](Nc1ncc(C#N)c(-c2c[nH]c3ncc(C(F)(F)F)cc23)n1)[C@H]1CC[C@H](O)CC1. The summed E-state index contributed by atoms with van der Waals surface area (Å²) in [6.45, 7) is 2.01. The number of aromatic nitrogens is 4. The lowest BCUT2D eigenvalue weighted by Crippen LogP contribution is -2.31. The van der Waals surface area contributed by atoms with E-state index in [1.807, 2.05) is 13.0 Å². The number of fused-ring (bicyclic) bond motifs is 1. The smallest absolute Gasteiger partial charge is 0.393 e. The molecule has 3 aromatic rings. The molecule has 0 spiro atoms. The molecule has 0 bridgehead atoms. The summed E-state index contributed by atoms with van der Waals surface area (Å²) < 4.78 is 39.5. The van der Waals surface area contributed by atoms with Gasteiger partial charge in [-0.1, -0.05) is 0 Å². The van der Waals surface area contributed by atoms with E-state index in [1.54, 1.807) is 0 Å². The molecule has 4 rings (SSSR count). The number of nitrogens with one attached hydrogen (secondary N) is 2. The maximum absolute atomic E-state index is 13.2. The van der Waals surface area contributed by atoms with E-state index >= 15 is 0 Å². The highest BCUT2D eigenvalue weighted by molar-refractivity contribution is 5.94. The summed E-state index contributed by atoms with van der Waals surface area (Å²) in [4.78, 5) is 15.4. The Morgan fingerprint density at radius 1 is 1.23 bits per heavy atom. The lowest BCUT2D eigenvalue weighted by molar-refractivity contribution is -0.137. The van der Waals surface area contributed by atoms with Gasteiger partial charge in [-0.05, 0) is 44.6 Å². The highest BCUT2D eigenvalue weighted by Crippen LogP contribution is 2.35. The van der Waals surface area contributed by atoms with Crippen molar-refractivity contribution < 1.29 is 18.3 Å². The first kappa shape index (κ1) is 21.1. The van der Waals surface area contributed by atoms with Gasteiger partial charge in [-0.15, -0.1) is 0 Å². The molecule has 3 heterocycles. The van der Waals surface area contributed by atoms with Gasteiger partial charge in [0.25, 0.3) is 0 Å². The van der Waals surface area contributed by atoms with Crippen LogP contribution in [0.3, 0.4) is 0 Å². The third-order valence-electron chi connectivity index (χ3n) is 5.83. The maximum atomic E-state index is 13.2. The number of aliphatic hydroxyl groups excluding tert-OH is 1. The Morgan fingerprint density at radius 2 is 1.97 bits per heavy atom. The first-order valence-electron chi connectivity index (χ1n) is 10.0. The van der Waals surface area contributed by atoms with E-state index in [0.717, 1.165) is 37.9 Å². The second-order valence-electron chi connectivity index (χ2n) is 7.89. The summed E-state index contributed by atoms with van der Waals surface area (Å²) in [5.41, 5.74) is 0.133. The number of hydrogen-bond acceptors (Lipinski definition) is 6. The van der Waals surface area contributed by atoms with Crippen molar-refractivity contribution in [1.82, 2.24) is 19.9 Å². The van der Waals surface area contributed by atoms with Crippen molar-refractivity contribution in [2.75, 3.05) is 5.32 Å². The summed E-state index contributed by atoms with van der Waals surface area (Å²) in [6, 6.07) is 3.04. The number of nitriles is 1. The number of aliphatic hydroxyl groups is 1. The Hall–Kier alpha value is -3.19. The topological polar surface area (TPSA) is 111 Å². The average Bonchev–Trinajstić information content (AvgIpc) is 3.16. The summed E-state index contributed by atoms with van der Waals surface area (Å²) in [5.74, 6) is 0.639. The van der Waals surface area contributed by atoms with Crippen LogP contribution in [0.2, 0.25) is 0 Å². The molecular formula is C21H21F3N6O. The molecule has 1 atom stereocenters. The Bertz CT molecular complexity index is 1130. The number of halogens is 3. The number of rotatable bonds is 4. The Kier molecular flexibility index (Phi) is 5.54. The largest absolute Gasteiger partial charge is 0.417 e. The van der Waals surface area contributed by atoms with Gasteiger partial charge in [-0.3, -0.25) is 0 Å². The summed E-state index contributed by atoms with van der Waals surface area (Å²) in [6.07, 6.45) is 2.11. The van der Waals surface area contributed by atoms with Gasteiger partial charge in [0.1, 0.15) is 11.7 Å². The number of anilines is 1. The molecule has 0 aromatic carbocycles. The van der Waals surface area contributed by atoms with Crippen molar-refractivity contribution in [3.05, 3.63) is 35.8 Å². The van der Waals surface area contributed by atoms with Gasteiger partial charge >= 0.3 is 6.18 Å². The van der Waals surface area contributed by atoms with Crippen molar-refractivity contribution in [3.8, 4) is 17.3 Å². The fraction of sp³-hybridized carbons (Fsp3) is 0.429. The molecule has 1 aliphatic carbocycles. The van der Waals surface area contributed by atoms with Crippen LogP contribution in [0.4, 0.5) is 19.1 Å². The fourth-order valence-electron chi connectivity index (χ4n) is 4.02. The molecule has 7 nitrogen and oxygen atoms in total. The van der Waals surface area contributed by atoms with Crippen LogP contribution in [-0.4, -0.2) is 37.2 Å². The molecule has 1 saturated carbocycles. The molecule has 1 fully saturated rings. The second kappa shape index (κ2) is 8.15. The van der Waals surface area contributed by atoms with Crippen LogP contribution in [0.1, 0.15) is 43.7 Å². The lowest BCUT2D eigenvalue weighted by Gasteiger charge is -2.30. The highest BCUT2D eigenvalue weighted by Gasteiger charge is 2.32. The average molecular weight is 430 g/mol. The highest BCUT2D eigenvalue weighted by atomic mass is 19.4. The molecule has 0 unspecified atom stereocenters. The standard InChI is InChI=1S/C21H21F3N6O/c1-11(12-2-4-15(31)5-3-12)29-20-28-8-13(7-25)18(30-20)17-10-27-19-16(17)6-14(9-26-19)21(22,23)24/h6,8-12,15,31H,2-5H2,1H3,(H,26,27)(H,28,29,30)/t11-,12-,15-/m1/s1. The van der Waals surface area contributed by atoms with Gasteiger partial charge in [-0.2, -0.15) is 18.4 Å². The van der Waals surface area contributed by atoms with Crippen LogP contribution < -0.4 is 5.32 Å². The van der Waals surface area contributed by atoms with E-state index in [-0.39, 0.29) is 34.4 Å². The predicted octanol–water partition coefficient (Wildman–Crippen LogP) is 4.26. The van der Waals surface area contributed by atoms with Crippen LogP contribution in [-0.2, 0) is 6.18 Å². The van der Waals surface area contributed by atoms with Gasteiger partial charge in [0.2, 0.25) is 5.95 Å². The van der Waals surface area contributed by atoms with Crippen molar-refractivity contribution in [2.45, 2.75) is 50.9 Å². The number of hydrogen-bond donors (Lipinski definition) is 3. The lowest BCUT2D eigenvalue weighted by atomic mass is 9.83. The van der Waals surface area contributed by atoms with Crippen LogP contribution in [0.25, 0.3) is 22.3 Å². The number of aromatic amines is 1. The van der Waals surface area contributed by atoms with Crippen LogP contribution in [0.15, 0.2) is 24.7 Å². The molecule has 3 N–H and O–H groups in total. The minimum absolute atomic E-state index is 0.0368. The minimum Gasteiger partial charge on any atom is -0.393 e. The number of nitrogens with zero attached hydrogens (tertiary/aromatic N) is 4. The molecule has 0 saturated heterocycles. The van der Waals surface area contributed by atoms with Crippen molar-refractivity contribution in [2.24, 2.45) is 5.92 Å². The molecular weight excluding hydrogens is 409 g/mol. The van der Waals surface area contributed by atoms with Gasteiger partial charge in [0, 0.05) is 29.4 Å². The van der Waals surface area contributed by atoms with E-state index in [1.165, 1.54) is 12.4 Å². The van der Waals surface area contributed by atoms with E-state index in [2.05, 4.69) is 25.3 Å². The normalized spacial score (nSPS) is 20.4. The summed E-state index contributed by atoms with van der Waals surface area (Å²) in [5, 5.41) is 22.7. The van der Waals surface area contributed by atoms with E-state index in [0.29, 0.717) is 17.4 Å². The van der Waals surface area contributed by atoms with E-state index < -0.39 is 11.7 Å². The molecule has 3 aromatic heterocycles. The minimum atomic E-state index is -4.53. The zero-order valence-electron chi connectivity index (χ0n) is 16.7.